The third-order valence-electron chi connectivity index (χ3n) is 14.4. The molecule has 0 fully saturated rings. The average molecular weight is 871 g/mol. The minimum Gasteiger partial charge on any atom is -0.310 e. The summed E-state index contributed by atoms with van der Waals surface area (Å²) in [5, 5.41) is 10.5. The molecule has 0 amide bonds. The van der Waals surface area contributed by atoms with E-state index in [-0.39, 0.29) is 0 Å². The molecule has 12 aromatic rings. The van der Waals surface area contributed by atoms with E-state index in [2.05, 4.69) is 265 Å². The first-order chi connectivity index (χ1) is 33.0. The van der Waals surface area contributed by atoms with Crippen molar-refractivity contribution in [2.75, 3.05) is 4.90 Å². The van der Waals surface area contributed by atoms with Gasteiger partial charge < -0.3 is 9.47 Å². The van der Waals surface area contributed by atoms with Gasteiger partial charge in [-0.3, -0.25) is 0 Å². The number of fused-ring (bicyclic) bond motifs is 8. The van der Waals surface area contributed by atoms with Gasteiger partial charge in [-0.1, -0.05) is 195 Å². The molecule has 0 bridgehead atoms. The molecule has 0 radical (unpaired) electrons. The van der Waals surface area contributed by atoms with Crippen LogP contribution in [0.1, 0.15) is 0 Å². The molecular weight excluding hydrogens is 825 g/mol. The van der Waals surface area contributed by atoms with E-state index in [1.807, 2.05) is 0 Å². The Balaban J connectivity index is 1.08. The lowest BCUT2D eigenvalue weighted by Crippen LogP contribution is -2.49. The number of rotatable bonds is 7. The van der Waals surface area contributed by atoms with E-state index in [0.717, 1.165) is 28.3 Å². The van der Waals surface area contributed by atoms with Crippen LogP contribution in [-0.2, 0) is 0 Å². The van der Waals surface area contributed by atoms with Crippen molar-refractivity contribution in [3.8, 4) is 50.2 Å². The van der Waals surface area contributed by atoms with Gasteiger partial charge in [-0.15, -0.1) is 0 Å². The fourth-order valence-electron chi connectivity index (χ4n) is 11.1. The molecule has 316 valence electrons. The molecule has 0 aliphatic carbocycles. The standard InChI is InChI=1S/C64H46N2Si/c1-67(2)63-29-13-11-25-56(63)59-40-47(34-39-64(59)67)57-41-58-55-24-10-12-28-60(55)66(48-20-4-3-5-21-48)62(58)42-61(57)65(49-35-30-45(31-36-49)53-26-14-18-43-16-6-8-22-51(43)53)50-37-32-46(33-38-50)54-27-15-19-44-17-7-9-23-52(44)54/h3-42H,1-2H3. The summed E-state index contributed by atoms with van der Waals surface area (Å²) in [5.41, 5.74) is 16.8. The normalized spacial score (nSPS) is 12.7. The Kier molecular flexibility index (Phi) is 9.02. The summed E-state index contributed by atoms with van der Waals surface area (Å²) in [7, 11) is -1.88. The number of benzene rings is 11. The Morgan fingerprint density at radius 3 is 1.49 bits per heavy atom. The molecule has 67 heavy (non-hydrogen) atoms. The highest BCUT2D eigenvalue weighted by Gasteiger charge is 2.37. The van der Waals surface area contributed by atoms with Gasteiger partial charge in [0.2, 0.25) is 0 Å². The zero-order valence-electron chi connectivity index (χ0n) is 37.5. The van der Waals surface area contributed by atoms with E-state index in [4.69, 9.17) is 0 Å². The molecule has 0 N–H and O–H groups in total. The average Bonchev–Trinajstić information content (AvgIpc) is 3.83. The molecule has 0 atom stereocenters. The van der Waals surface area contributed by atoms with E-state index in [0.29, 0.717) is 0 Å². The van der Waals surface area contributed by atoms with E-state index < -0.39 is 8.07 Å². The fourth-order valence-corrected chi connectivity index (χ4v) is 14.2. The van der Waals surface area contributed by atoms with Gasteiger partial charge in [0.05, 0.1) is 16.7 Å². The highest BCUT2D eigenvalue weighted by molar-refractivity contribution is 7.03. The molecule has 0 spiro atoms. The van der Waals surface area contributed by atoms with Crippen LogP contribution in [-0.4, -0.2) is 12.6 Å². The first-order valence-electron chi connectivity index (χ1n) is 23.3. The second-order valence-corrected chi connectivity index (χ2v) is 22.8. The van der Waals surface area contributed by atoms with Crippen molar-refractivity contribution in [1.29, 1.82) is 0 Å². The molecule has 0 saturated carbocycles. The van der Waals surface area contributed by atoms with Gasteiger partial charge in [-0.25, -0.2) is 0 Å². The van der Waals surface area contributed by atoms with E-state index in [1.165, 1.54) is 92.7 Å². The molecule has 13 rings (SSSR count). The minimum absolute atomic E-state index is 1.09. The maximum atomic E-state index is 2.50. The second-order valence-electron chi connectivity index (χ2n) is 18.5. The molecule has 3 heteroatoms. The predicted molar refractivity (Wildman–Crippen MR) is 289 cm³/mol. The summed E-state index contributed by atoms with van der Waals surface area (Å²) in [6.07, 6.45) is 0. The van der Waals surface area contributed by atoms with Gasteiger partial charge in [0, 0.05) is 33.4 Å². The number of anilines is 3. The molecular formula is C64H46N2Si. The predicted octanol–water partition coefficient (Wildman–Crippen LogP) is 16.4. The van der Waals surface area contributed by atoms with Crippen molar-refractivity contribution in [1.82, 2.24) is 4.57 Å². The van der Waals surface area contributed by atoms with E-state index in [9.17, 15) is 0 Å². The van der Waals surface area contributed by atoms with Crippen LogP contribution in [0.3, 0.4) is 0 Å². The quantitative estimate of drug-likeness (QED) is 0.145. The van der Waals surface area contributed by atoms with Gasteiger partial charge >= 0.3 is 0 Å². The summed E-state index contributed by atoms with van der Waals surface area (Å²) in [4.78, 5) is 2.49. The Morgan fingerprint density at radius 2 is 0.836 bits per heavy atom. The van der Waals surface area contributed by atoms with Crippen LogP contribution in [0.5, 0.6) is 0 Å². The van der Waals surface area contributed by atoms with Crippen molar-refractivity contribution in [3.63, 3.8) is 0 Å². The Labute approximate surface area is 392 Å². The second kappa shape index (κ2) is 15.4. The number of aromatic nitrogens is 1. The lowest BCUT2D eigenvalue weighted by Gasteiger charge is -2.29. The Morgan fingerprint density at radius 1 is 0.328 bits per heavy atom. The topological polar surface area (TPSA) is 8.17 Å². The van der Waals surface area contributed by atoms with E-state index in [1.54, 1.807) is 0 Å². The maximum absolute atomic E-state index is 2.50. The summed E-state index contributed by atoms with van der Waals surface area (Å²) in [6.45, 7) is 5.00. The summed E-state index contributed by atoms with van der Waals surface area (Å²) >= 11 is 0. The lowest BCUT2D eigenvalue weighted by atomic mass is 9.95. The SMILES string of the molecule is C[Si]1(C)c2ccccc2-c2cc(-c3cc4c5ccccc5n(-c5ccccc5)c4cc3N(c3ccc(-c4cccc5ccccc45)cc3)c3ccc(-c4cccc5ccccc45)cc3)ccc21. The Bertz CT molecular complexity index is 3750. The van der Waals surface area contributed by atoms with Crippen molar-refractivity contribution in [3.05, 3.63) is 243 Å². The molecule has 11 aromatic carbocycles. The van der Waals surface area contributed by atoms with Crippen LogP contribution in [0.15, 0.2) is 243 Å². The summed E-state index contributed by atoms with van der Waals surface area (Å²) in [5.74, 6) is 0. The molecule has 0 unspecified atom stereocenters. The molecule has 1 aliphatic heterocycles. The zero-order chi connectivity index (χ0) is 44.6. The van der Waals surface area contributed by atoms with Gasteiger partial charge in [0.15, 0.2) is 0 Å². The fraction of sp³-hybridized carbons (Fsp3) is 0.0312. The third-order valence-corrected chi connectivity index (χ3v) is 18.0. The van der Waals surface area contributed by atoms with Gasteiger partial charge in [-0.2, -0.15) is 0 Å². The van der Waals surface area contributed by atoms with Gasteiger partial charge in [-0.05, 0) is 132 Å². The Hall–Kier alpha value is -8.24. The molecule has 2 nitrogen and oxygen atoms in total. The number of hydrogen-bond donors (Lipinski definition) is 0. The molecule has 0 saturated heterocycles. The van der Waals surface area contributed by atoms with Crippen molar-refractivity contribution in [2.45, 2.75) is 13.1 Å². The molecule has 1 aromatic heterocycles. The summed E-state index contributed by atoms with van der Waals surface area (Å²) < 4.78 is 2.44. The monoisotopic (exact) mass is 870 g/mol. The maximum Gasteiger partial charge on any atom is 0.113 e. The highest BCUT2D eigenvalue weighted by Crippen LogP contribution is 2.47. The molecule has 2 heterocycles. The number of hydrogen-bond acceptors (Lipinski definition) is 1. The van der Waals surface area contributed by atoms with Crippen molar-refractivity contribution >= 4 is 78.9 Å². The van der Waals surface area contributed by atoms with Gasteiger partial charge in [0.25, 0.3) is 0 Å². The minimum atomic E-state index is -1.88. The smallest absolute Gasteiger partial charge is 0.113 e. The van der Waals surface area contributed by atoms with Crippen molar-refractivity contribution in [2.24, 2.45) is 0 Å². The number of nitrogens with zero attached hydrogens (tertiary/aromatic N) is 2. The van der Waals surface area contributed by atoms with Crippen LogP contribution in [0.25, 0.3) is 93.5 Å². The zero-order valence-corrected chi connectivity index (χ0v) is 38.5. The lowest BCUT2D eigenvalue weighted by molar-refractivity contribution is 1.18. The number of para-hydroxylation sites is 2. The summed E-state index contributed by atoms with van der Waals surface area (Å²) in [6, 6.07) is 90.1. The van der Waals surface area contributed by atoms with Crippen molar-refractivity contribution < 1.29 is 0 Å². The third kappa shape index (κ3) is 6.30. The van der Waals surface area contributed by atoms with Crippen LogP contribution in [0.2, 0.25) is 13.1 Å². The first kappa shape index (κ1) is 39.1. The van der Waals surface area contributed by atoms with Crippen LogP contribution in [0.4, 0.5) is 17.1 Å². The highest BCUT2D eigenvalue weighted by atomic mass is 28.3. The van der Waals surface area contributed by atoms with Crippen LogP contribution >= 0.6 is 0 Å². The van der Waals surface area contributed by atoms with Crippen LogP contribution in [0, 0.1) is 0 Å². The van der Waals surface area contributed by atoms with Gasteiger partial charge in [0.1, 0.15) is 8.07 Å². The van der Waals surface area contributed by atoms with E-state index >= 15 is 0 Å². The molecule has 1 aliphatic rings. The largest absolute Gasteiger partial charge is 0.310 e. The van der Waals surface area contributed by atoms with Crippen LogP contribution < -0.4 is 15.3 Å². The first-order valence-corrected chi connectivity index (χ1v) is 26.3.